The number of aliphatic carboxylic acids is 1. The molecule has 1 aliphatic carbocycles. The summed E-state index contributed by atoms with van der Waals surface area (Å²) in [4.78, 5) is 22.6. The number of amides is 1. The molecule has 19 heavy (non-hydrogen) atoms. The SMILES string of the molecule is CC(C)(C)OC(=O)N[C@@H](COC1CCCC1)C(=O)O. The van der Waals surface area contributed by atoms with Crippen LogP contribution in [0.5, 0.6) is 0 Å². The zero-order valence-corrected chi connectivity index (χ0v) is 11.8. The third kappa shape index (κ3) is 6.42. The van der Waals surface area contributed by atoms with Gasteiger partial charge in [0.2, 0.25) is 0 Å². The van der Waals surface area contributed by atoms with Crippen molar-refractivity contribution in [3.63, 3.8) is 0 Å². The van der Waals surface area contributed by atoms with Crippen molar-refractivity contribution in [2.75, 3.05) is 6.61 Å². The number of carboxylic acids is 1. The molecule has 1 atom stereocenters. The Hall–Kier alpha value is -1.30. The van der Waals surface area contributed by atoms with Gasteiger partial charge in [0, 0.05) is 0 Å². The molecule has 0 saturated heterocycles. The minimum absolute atomic E-state index is 0.0285. The Morgan fingerprint density at radius 2 is 1.89 bits per heavy atom. The van der Waals surface area contributed by atoms with E-state index in [-0.39, 0.29) is 12.7 Å². The van der Waals surface area contributed by atoms with Crippen LogP contribution in [0.3, 0.4) is 0 Å². The van der Waals surface area contributed by atoms with Crippen LogP contribution in [0.1, 0.15) is 46.5 Å². The fraction of sp³-hybridized carbons (Fsp3) is 0.846. The van der Waals surface area contributed by atoms with Crippen molar-refractivity contribution >= 4 is 12.1 Å². The van der Waals surface area contributed by atoms with Gasteiger partial charge in [-0.05, 0) is 33.6 Å². The average Bonchev–Trinajstić information content (AvgIpc) is 2.73. The molecule has 1 amide bonds. The molecule has 0 radical (unpaired) electrons. The maximum Gasteiger partial charge on any atom is 0.408 e. The van der Waals surface area contributed by atoms with E-state index < -0.39 is 23.7 Å². The number of rotatable bonds is 5. The maximum atomic E-state index is 11.5. The number of carbonyl (C=O) groups is 2. The van der Waals surface area contributed by atoms with Crippen LogP contribution in [0.25, 0.3) is 0 Å². The van der Waals surface area contributed by atoms with Gasteiger partial charge in [0.05, 0.1) is 12.7 Å². The smallest absolute Gasteiger partial charge is 0.408 e. The van der Waals surface area contributed by atoms with Crippen LogP contribution in [-0.4, -0.2) is 41.5 Å². The Morgan fingerprint density at radius 1 is 1.32 bits per heavy atom. The summed E-state index contributed by atoms with van der Waals surface area (Å²) < 4.78 is 10.5. The number of carboxylic acid groups (broad SMARTS) is 1. The zero-order valence-electron chi connectivity index (χ0n) is 11.8. The van der Waals surface area contributed by atoms with Gasteiger partial charge in [0.1, 0.15) is 5.60 Å². The van der Waals surface area contributed by atoms with Crippen LogP contribution in [0.2, 0.25) is 0 Å². The summed E-state index contributed by atoms with van der Waals surface area (Å²) in [5.41, 5.74) is -0.653. The Bertz CT molecular complexity index is 317. The molecule has 110 valence electrons. The van der Waals surface area contributed by atoms with Gasteiger partial charge in [0.15, 0.2) is 6.04 Å². The fourth-order valence-corrected chi connectivity index (χ4v) is 1.91. The highest BCUT2D eigenvalue weighted by Gasteiger charge is 2.26. The monoisotopic (exact) mass is 273 g/mol. The minimum atomic E-state index is -1.12. The number of hydrogen-bond donors (Lipinski definition) is 2. The largest absolute Gasteiger partial charge is 0.480 e. The lowest BCUT2D eigenvalue weighted by Crippen LogP contribution is -2.46. The third-order valence-electron chi connectivity index (χ3n) is 2.79. The van der Waals surface area contributed by atoms with Gasteiger partial charge < -0.3 is 19.9 Å². The summed E-state index contributed by atoms with van der Waals surface area (Å²) >= 11 is 0. The Labute approximate surface area is 113 Å². The van der Waals surface area contributed by atoms with Crippen molar-refractivity contribution in [3.8, 4) is 0 Å². The third-order valence-corrected chi connectivity index (χ3v) is 2.79. The highest BCUT2D eigenvalue weighted by Crippen LogP contribution is 2.20. The topological polar surface area (TPSA) is 84.9 Å². The molecule has 2 N–H and O–H groups in total. The average molecular weight is 273 g/mol. The van der Waals surface area contributed by atoms with Crippen molar-refractivity contribution in [1.82, 2.24) is 5.32 Å². The van der Waals surface area contributed by atoms with Crippen LogP contribution < -0.4 is 5.32 Å². The lowest BCUT2D eigenvalue weighted by atomic mass is 10.2. The summed E-state index contributed by atoms with van der Waals surface area (Å²) in [6, 6.07) is -1.07. The molecule has 1 aliphatic rings. The molecule has 0 aromatic rings. The first-order chi connectivity index (χ1) is 8.78. The molecule has 0 spiro atoms. The van der Waals surface area contributed by atoms with Crippen LogP contribution >= 0.6 is 0 Å². The molecule has 0 aromatic heterocycles. The molecule has 1 fully saturated rings. The molecule has 6 heteroatoms. The van der Waals surface area contributed by atoms with E-state index in [1.165, 1.54) is 0 Å². The van der Waals surface area contributed by atoms with E-state index in [4.69, 9.17) is 14.6 Å². The molecule has 0 aromatic carbocycles. The van der Waals surface area contributed by atoms with Gasteiger partial charge in [-0.3, -0.25) is 0 Å². The Kier molecular flexibility index (Phi) is 5.60. The second-order valence-corrected chi connectivity index (χ2v) is 5.78. The Balaban J connectivity index is 2.39. The van der Waals surface area contributed by atoms with Gasteiger partial charge in [0.25, 0.3) is 0 Å². The second kappa shape index (κ2) is 6.75. The zero-order chi connectivity index (χ0) is 14.5. The van der Waals surface area contributed by atoms with Crippen molar-refractivity contribution in [3.05, 3.63) is 0 Å². The van der Waals surface area contributed by atoms with Crippen LogP contribution in [-0.2, 0) is 14.3 Å². The van der Waals surface area contributed by atoms with E-state index in [0.717, 1.165) is 25.7 Å². The molecule has 0 unspecified atom stereocenters. The first-order valence-corrected chi connectivity index (χ1v) is 6.62. The predicted octanol–water partition coefficient (Wildman–Crippen LogP) is 1.92. The summed E-state index contributed by atoms with van der Waals surface area (Å²) in [5.74, 6) is -1.12. The van der Waals surface area contributed by atoms with Gasteiger partial charge in [-0.2, -0.15) is 0 Å². The van der Waals surface area contributed by atoms with E-state index in [1.54, 1.807) is 20.8 Å². The van der Waals surface area contributed by atoms with Crippen molar-refractivity contribution < 1.29 is 24.2 Å². The summed E-state index contributed by atoms with van der Waals surface area (Å²) in [6.07, 6.45) is 3.51. The molecule has 6 nitrogen and oxygen atoms in total. The van der Waals surface area contributed by atoms with Crippen molar-refractivity contribution in [1.29, 1.82) is 0 Å². The van der Waals surface area contributed by atoms with Gasteiger partial charge in [-0.15, -0.1) is 0 Å². The van der Waals surface area contributed by atoms with E-state index >= 15 is 0 Å². The van der Waals surface area contributed by atoms with Gasteiger partial charge >= 0.3 is 12.1 Å². The minimum Gasteiger partial charge on any atom is -0.480 e. The molecular weight excluding hydrogens is 250 g/mol. The summed E-state index contributed by atoms with van der Waals surface area (Å²) in [6.45, 7) is 5.13. The maximum absolute atomic E-state index is 11.5. The number of alkyl carbamates (subject to hydrolysis) is 1. The lowest BCUT2D eigenvalue weighted by molar-refractivity contribution is -0.141. The first kappa shape index (κ1) is 15.8. The van der Waals surface area contributed by atoms with Crippen molar-refractivity contribution in [2.45, 2.75) is 64.2 Å². The molecule has 0 aliphatic heterocycles. The van der Waals surface area contributed by atoms with Crippen LogP contribution in [0, 0.1) is 0 Å². The molecule has 1 saturated carbocycles. The molecule has 0 bridgehead atoms. The van der Waals surface area contributed by atoms with Crippen LogP contribution in [0.4, 0.5) is 4.79 Å². The lowest BCUT2D eigenvalue weighted by Gasteiger charge is -2.22. The highest BCUT2D eigenvalue weighted by atomic mass is 16.6. The number of carbonyl (C=O) groups excluding carboxylic acids is 1. The standard InChI is InChI=1S/C13H23NO5/c1-13(2,3)19-12(17)14-10(11(15)16)8-18-9-6-4-5-7-9/h9-10H,4-8H2,1-3H3,(H,14,17)(H,15,16)/t10-/m0/s1. The summed E-state index contributed by atoms with van der Waals surface area (Å²) in [7, 11) is 0. The first-order valence-electron chi connectivity index (χ1n) is 6.62. The number of ether oxygens (including phenoxy) is 2. The normalized spacial score (nSPS) is 18.1. The van der Waals surface area contributed by atoms with Crippen molar-refractivity contribution in [2.24, 2.45) is 0 Å². The Morgan fingerprint density at radius 3 is 2.37 bits per heavy atom. The highest BCUT2D eigenvalue weighted by molar-refractivity contribution is 5.80. The quantitative estimate of drug-likeness (QED) is 0.799. The molecule has 1 rings (SSSR count). The van der Waals surface area contributed by atoms with E-state index in [0.29, 0.717) is 0 Å². The van der Waals surface area contributed by atoms with E-state index in [1.807, 2.05) is 0 Å². The van der Waals surface area contributed by atoms with Gasteiger partial charge in [-0.1, -0.05) is 12.8 Å². The van der Waals surface area contributed by atoms with Gasteiger partial charge in [-0.25, -0.2) is 9.59 Å². The number of hydrogen-bond acceptors (Lipinski definition) is 4. The predicted molar refractivity (Wildman–Crippen MR) is 69.0 cm³/mol. The summed E-state index contributed by atoms with van der Waals surface area (Å²) in [5, 5.41) is 11.4. The molecular formula is C13H23NO5. The van der Waals surface area contributed by atoms with E-state index in [9.17, 15) is 9.59 Å². The number of nitrogens with one attached hydrogen (secondary N) is 1. The fourth-order valence-electron chi connectivity index (χ4n) is 1.91. The second-order valence-electron chi connectivity index (χ2n) is 5.78. The molecule has 0 heterocycles. The van der Waals surface area contributed by atoms with E-state index in [2.05, 4.69) is 5.32 Å². The van der Waals surface area contributed by atoms with Crippen LogP contribution in [0.15, 0.2) is 0 Å².